The van der Waals surface area contributed by atoms with Crippen molar-refractivity contribution in [1.82, 2.24) is 0 Å². The molecule has 0 bridgehead atoms. The van der Waals surface area contributed by atoms with Crippen molar-refractivity contribution in [1.29, 1.82) is 0 Å². The van der Waals surface area contributed by atoms with E-state index in [2.05, 4.69) is 0 Å². The molecule has 0 atom stereocenters. The summed E-state index contributed by atoms with van der Waals surface area (Å²) in [5, 5.41) is 8.60. The smallest absolute Gasteiger partial charge is 0.319 e. The summed E-state index contributed by atoms with van der Waals surface area (Å²) in [5.74, 6) is -1.51. The van der Waals surface area contributed by atoms with Crippen molar-refractivity contribution in [3.05, 3.63) is 17.7 Å². The van der Waals surface area contributed by atoms with Crippen LogP contribution in [0, 0.1) is 6.92 Å². The summed E-state index contributed by atoms with van der Waals surface area (Å²) in [5.41, 5.74) is 0.445. The first-order valence-corrected chi connectivity index (χ1v) is 6.90. The molecule has 1 aromatic rings. The number of aliphatic carboxylic acids is 1. The summed E-state index contributed by atoms with van der Waals surface area (Å²) >= 11 is 0. The van der Waals surface area contributed by atoms with Crippen molar-refractivity contribution in [2.24, 2.45) is 0 Å². The van der Waals surface area contributed by atoms with Crippen LogP contribution in [-0.4, -0.2) is 38.5 Å². The first kappa shape index (κ1) is 12.7. The van der Waals surface area contributed by atoms with Crippen LogP contribution < -0.4 is 9.47 Å². The summed E-state index contributed by atoms with van der Waals surface area (Å²) in [6.07, 6.45) is 0. The maximum atomic E-state index is 11.9. The average Bonchev–Trinajstić information content (AvgIpc) is 2.26. The van der Waals surface area contributed by atoms with Gasteiger partial charge in [0.2, 0.25) is 0 Å². The number of benzene rings is 1. The molecule has 1 aliphatic rings. The molecular formula is C11H12O6S. The van der Waals surface area contributed by atoms with Crippen LogP contribution in [0.3, 0.4) is 0 Å². The van der Waals surface area contributed by atoms with E-state index in [9.17, 15) is 13.2 Å². The zero-order chi connectivity index (χ0) is 13.3. The molecule has 1 aliphatic heterocycles. The van der Waals surface area contributed by atoms with E-state index in [0.29, 0.717) is 30.3 Å². The number of sulfone groups is 1. The van der Waals surface area contributed by atoms with Gasteiger partial charge in [0.1, 0.15) is 13.2 Å². The normalized spacial score (nSPS) is 14.3. The fraction of sp³-hybridized carbons (Fsp3) is 0.364. The lowest BCUT2D eigenvalue weighted by Gasteiger charge is -2.20. The Bertz CT molecular complexity index is 590. The van der Waals surface area contributed by atoms with Crippen LogP contribution in [0.1, 0.15) is 5.56 Å². The summed E-state index contributed by atoms with van der Waals surface area (Å²) in [4.78, 5) is 10.5. The molecule has 0 saturated heterocycles. The molecule has 1 aromatic carbocycles. The van der Waals surface area contributed by atoms with Crippen LogP contribution >= 0.6 is 0 Å². The number of aryl methyl sites for hydroxylation is 1. The highest BCUT2D eigenvalue weighted by molar-refractivity contribution is 7.92. The Labute approximate surface area is 104 Å². The minimum atomic E-state index is -3.86. The quantitative estimate of drug-likeness (QED) is 0.867. The highest BCUT2D eigenvalue weighted by Crippen LogP contribution is 2.34. The van der Waals surface area contributed by atoms with Crippen molar-refractivity contribution in [3.63, 3.8) is 0 Å². The number of carbonyl (C=O) groups is 1. The van der Waals surface area contributed by atoms with E-state index in [0.717, 1.165) is 0 Å². The zero-order valence-corrected chi connectivity index (χ0v) is 10.5. The molecule has 2 rings (SSSR count). The molecule has 0 radical (unpaired) electrons. The predicted octanol–water partition coefficient (Wildman–Crippen LogP) is 0.625. The topological polar surface area (TPSA) is 89.9 Å². The Hall–Kier alpha value is -1.76. The second kappa shape index (κ2) is 4.49. The van der Waals surface area contributed by atoms with Gasteiger partial charge in [0.25, 0.3) is 0 Å². The van der Waals surface area contributed by atoms with Crippen molar-refractivity contribution in [2.45, 2.75) is 11.8 Å². The summed E-state index contributed by atoms with van der Waals surface area (Å²) < 4.78 is 34.3. The Morgan fingerprint density at radius 1 is 1.28 bits per heavy atom. The number of ether oxygens (including phenoxy) is 2. The molecule has 1 heterocycles. The van der Waals surface area contributed by atoms with Crippen molar-refractivity contribution in [3.8, 4) is 11.5 Å². The number of hydrogen-bond donors (Lipinski definition) is 1. The van der Waals surface area contributed by atoms with Gasteiger partial charge in [0, 0.05) is 6.07 Å². The van der Waals surface area contributed by atoms with Gasteiger partial charge in [-0.15, -0.1) is 0 Å². The first-order valence-electron chi connectivity index (χ1n) is 5.25. The van der Waals surface area contributed by atoms with E-state index in [1.165, 1.54) is 6.07 Å². The van der Waals surface area contributed by atoms with Gasteiger partial charge >= 0.3 is 5.97 Å². The van der Waals surface area contributed by atoms with Crippen LogP contribution in [0.15, 0.2) is 17.0 Å². The van der Waals surface area contributed by atoms with Crippen LogP contribution in [0.25, 0.3) is 0 Å². The van der Waals surface area contributed by atoms with Gasteiger partial charge in [-0.1, -0.05) is 0 Å². The van der Waals surface area contributed by atoms with Gasteiger partial charge in [0.05, 0.1) is 4.90 Å². The molecular weight excluding hydrogens is 260 g/mol. The van der Waals surface area contributed by atoms with E-state index in [-0.39, 0.29) is 4.90 Å². The summed E-state index contributed by atoms with van der Waals surface area (Å²) in [6.45, 7) is 2.34. The SMILES string of the molecule is Cc1cc2c(cc1S(=O)(=O)CC(=O)O)OCCO2. The fourth-order valence-electron chi connectivity index (χ4n) is 1.75. The fourth-order valence-corrected chi connectivity index (χ4v) is 3.06. The monoisotopic (exact) mass is 272 g/mol. The molecule has 0 fully saturated rings. The minimum absolute atomic E-state index is 0.0332. The number of carboxylic acid groups (broad SMARTS) is 1. The molecule has 98 valence electrons. The molecule has 1 N–H and O–H groups in total. The largest absolute Gasteiger partial charge is 0.486 e. The lowest BCUT2D eigenvalue weighted by atomic mass is 10.2. The Kier molecular flexibility index (Phi) is 3.16. The maximum Gasteiger partial charge on any atom is 0.319 e. The van der Waals surface area contributed by atoms with Gasteiger partial charge in [-0.2, -0.15) is 0 Å². The van der Waals surface area contributed by atoms with Crippen molar-refractivity contribution in [2.75, 3.05) is 19.0 Å². The lowest BCUT2D eigenvalue weighted by Crippen LogP contribution is -2.19. The van der Waals surface area contributed by atoms with E-state index in [1.54, 1.807) is 13.0 Å². The molecule has 7 heteroatoms. The standard InChI is InChI=1S/C11H12O6S/c1-7-4-8-9(17-3-2-16-8)5-10(7)18(14,15)6-11(12)13/h4-5H,2-3,6H2,1H3,(H,12,13). The Morgan fingerprint density at radius 3 is 2.39 bits per heavy atom. The van der Waals surface area contributed by atoms with E-state index in [1.807, 2.05) is 0 Å². The molecule has 18 heavy (non-hydrogen) atoms. The number of hydrogen-bond acceptors (Lipinski definition) is 5. The van der Waals surface area contributed by atoms with Crippen LogP contribution in [-0.2, 0) is 14.6 Å². The molecule has 0 aliphatic carbocycles. The van der Waals surface area contributed by atoms with Crippen LogP contribution in [0.5, 0.6) is 11.5 Å². The highest BCUT2D eigenvalue weighted by Gasteiger charge is 2.24. The molecule has 6 nitrogen and oxygen atoms in total. The molecule has 0 saturated carbocycles. The average molecular weight is 272 g/mol. The van der Waals surface area contributed by atoms with Gasteiger partial charge in [-0.25, -0.2) is 8.42 Å². The Morgan fingerprint density at radius 2 is 1.83 bits per heavy atom. The van der Waals surface area contributed by atoms with Crippen LogP contribution in [0.4, 0.5) is 0 Å². The van der Waals surface area contributed by atoms with Crippen molar-refractivity contribution >= 4 is 15.8 Å². The maximum absolute atomic E-state index is 11.9. The molecule has 0 spiro atoms. The Balaban J connectivity index is 2.48. The second-order valence-corrected chi connectivity index (χ2v) is 5.87. The third-order valence-corrected chi connectivity index (χ3v) is 4.23. The number of rotatable bonds is 3. The summed E-state index contributed by atoms with van der Waals surface area (Å²) in [7, 11) is -3.86. The second-order valence-electron chi connectivity index (χ2n) is 3.91. The van der Waals surface area contributed by atoms with E-state index >= 15 is 0 Å². The third kappa shape index (κ3) is 2.40. The van der Waals surface area contributed by atoms with E-state index < -0.39 is 21.6 Å². The molecule has 0 unspecified atom stereocenters. The van der Waals surface area contributed by atoms with Crippen LogP contribution in [0.2, 0.25) is 0 Å². The van der Waals surface area contributed by atoms with Crippen molar-refractivity contribution < 1.29 is 27.8 Å². The number of fused-ring (bicyclic) bond motifs is 1. The molecule has 0 aromatic heterocycles. The molecule has 0 amide bonds. The summed E-state index contributed by atoms with van der Waals surface area (Å²) in [6, 6.07) is 2.87. The third-order valence-electron chi connectivity index (χ3n) is 2.49. The minimum Gasteiger partial charge on any atom is -0.486 e. The zero-order valence-electron chi connectivity index (χ0n) is 9.67. The lowest BCUT2D eigenvalue weighted by molar-refractivity contribution is -0.134. The van der Waals surface area contributed by atoms with E-state index in [4.69, 9.17) is 14.6 Å². The first-order chi connectivity index (χ1) is 8.40. The van der Waals surface area contributed by atoms with Gasteiger partial charge < -0.3 is 14.6 Å². The highest BCUT2D eigenvalue weighted by atomic mass is 32.2. The van der Waals surface area contributed by atoms with Gasteiger partial charge in [0.15, 0.2) is 27.1 Å². The van der Waals surface area contributed by atoms with Gasteiger partial charge in [-0.05, 0) is 18.6 Å². The number of carboxylic acids is 1. The predicted molar refractivity (Wildman–Crippen MR) is 61.9 cm³/mol. The van der Waals surface area contributed by atoms with Gasteiger partial charge in [-0.3, -0.25) is 4.79 Å².